The van der Waals surface area contributed by atoms with E-state index in [1.807, 2.05) is 27.8 Å². The topological polar surface area (TPSA) is 78.3 Å². The predicted octanol–water partition coefficient (Wildman–Crippen LogP) is -3.30. The Morgan fingerprint density at radius 2 is 1.59 bits per heavy atom. The third-order valence-corrected chi connectivity index (χ3v) is 2.27. The molecule has 104 valence electrons. The molecule has 0 bridgehead atoms. The largest absolute Gasteiger partial charge is 1.00 e. The highest BCUT2D eigenvalue weighted by atomic mass is 127. The van der Waals surface area contributed by atoms with Crippen molar-refractivity contribution in [1.82, 2.24) is 0 Å². The smallest absolute Gasteiger partial charge is 0.362 e. The van der Waals surface area contributed by atoms with Gasteiger partial charge in [0.1, 0.15) is 5.60 Å². The Labute approximate surface area is 121 Å². The molecule has 6 heteroatoms. The lowest BCUT2D eigenvalue weighted by molar-refractivity contribution is -0.899. The van der Waals surface area contributed by atoms with Crippen LogP contribution in [0.2, 0.25) is 0 Å². The van der Waals surface area contributed by atoms with Crippen LogP contribution in [0.15, 0.2) is 0 Å². The van der Waals surface area contributed by atoms with Gasteiger partial charge in [0.15, 0.2) is 6.54 Å². The molecular formula is C11H26IN3O2. The van der Waals surface area contributed by atoms with Gasteiger partial charge in [-0.25, -0.2) is 4.79 Å². The molecule has 0 amide bonds. The van der Waals surface area contributed by atoms with Crippen LogP contribution in [-0.4, -0.2) is 55.8 Å². The molecule has 0 aromatic carbocycles. The molecule has 0 rings (SSSR count). The van der Waals surface area contributed by atoms with Crippen LogP contribution in [0.3, 0.4) is 0 Å². The van der Waals surface area contributed by atoms with Crippen LogP contribution in [0.4, 0.5) is 0 Å². The quantitative estimate of drug-likeness (QED) is 0.296. The summed E-state index contributed by atoms with van der Waals surface area (Å²) < 4.78 is 5.83. The Bertz CT molecular complexity index is 223. The van der Waals surface area contributed by atoms with Crippen molar-refractivity contribution < 1.29 is 38.0 Å². The lowest BCUT2D eigenvalue weighted by Crippen LogP contribution is -3.00. The van der Waals surface area contributed by atoms with E-state index in [-0.39, 0.29) is 29.9 Å². The highest BCUT2D eigenvalue weighted by Crippen LogP contribution is 2.09. The summed E-state index contributed by atoms with van der Waals surface area (Å²) in [7, 11) is 1.98. The van der Waals surface area contributed by atoms with Gasteiger partial charge in [-0.2, -0.15) is 0 Å². The monoisotopic (exact) mass is 359 g/mol. The molecule has 0 aromatic heterocycles. The van der Waals surface area contributed by atoms with Gasteiger partial charge in [0.05, 0.1) is 20.1 Å². The number of quaternary nitrogens is 1. The van der Waals surface area contributed by atoms with Crippen LogP contribution in [0.25, 0.3) is 0 Å². The normalized spacial score (nSPS) is 11.9. The zero-order chi connectivity index (χ0) is 12.8. The van der Waals surface area contributed by atoms with E-state index in [9.17, 15) is 4.79 Å². The molecule has 0 aliphatic rings. The van der Waals surface area contributed by atoms with Gasteiger partial charge in [0.25, 0.3) is 0 Å². The second kappa shape index (κ2) is 8.23. The molecule has 0 fully saturated rings. The number of carbonyl (C=O) groups excluding carboxylic acids is 1. The van der Waals surface area contributed by atoms with Gasteiger partial charge < -0.3 is 44.7 Å². The first-order chi connectivity index (χ1) is 7.22. The van der Waals surface area contributed by atoms with E-state index in [4.69, 9.17) is 16.2 Å². The number of hydrogen-bond donors (Lipinski definition) is 2. The summed E-state index contributed by atoms with van der Waals surface area (Å²) in [6.45, 7) is 8.46. The van der Waals surface area contributed by atoms with Crippen molar-refractivity contribution in [3.63, 3.8) is 0 Å². The fourth-order valence-electron chi connectivity index (χ4n) is 1.58. The molecule has 4 N–H and O–H groups in total. The second-order valence-corrected chi connectivity index (χ2v) is 5.39. The molecule has 0 atom stereocenters. The van der Waals surface area contributed by atoms with Crippen LogP contribution < -0.4 is 35.4 Å². The molecule has 0 heterocycles. The summed E-state index contributed by atoms with van der Waals surface area (Å²) in [6.07, 6.45) is 0. The number of hydrogen-bond acceptors (Lipinski definition) is 4. The number of likely N-dealkylation sites (N-methyl/N-ethyl adjacent to an activating group) is 1. The maximum absolute atomic E-state index is 11.7. The molecule has 17 heavy (non-hydrogen) atoms. The number of ether oxygens (including phenoxy) is 1. The van der Waals surface area contributed by atoms with E-state index in [1.54, 1.807) is 0 Å². The molecule has 0 saturated heterocycles. The maximum Gasteiger partial charge on any atom is 0.362 e. The van der Waals surface area contributed by atoms with E-state index < -0.39 is 5.60 Å². The third-order valence-electron chi connectivity index (χ3n) is 2.27. The van der Waals surface area contributed by atoms with Gasteiger partial charge in [-0.1, -0.05) is 0 Å². The van der Waals surface area contributed by atoms with Crippen molar-refractivity contribution in [3.8, 4) is 0 Å². The lowest BCUT2D eigenvalue weighted by atomic mass is 10.2. The predicted molar refractivity (Wildman–Crippen MR) is 64.7 cm³/mol. The molecule has 0 aliphatic heterocycles. The number of esters is 1. The highest BCUT2D eigenvalue weighted by Gasteiger charge is 2.27. The number of rotatable bonds is 6. The fraction of sp³-hybridized carbons (Fsp3) is 0.909. The minimum Gasteiger partial charge on any atom is -1.00 e. The number of nitrogens with zero attached hydrogens (tertiary/aromatic N) is 1. The maximum atomic E-state index is 11.7. The van der Waals surface area contributed by atoms with Crippen LogP contribution in [0.1, 0.15) is 20.8 Å². The second-order valence-electron chi connectivity index (χ2n) is 5.39. The molecule has 5 nitrogen and oxygen atoms in total. The average molecular weight is 359 g/mol. The highest BCUT2D eigenvalue weighted by molar-refractivity contribution is 5.71. The van der Waals surface area contributed by atoms with Crippen LogP contribution >= 0.6 is 0 Å². The Balaban J connectivity index is 0. The standard InChI is InChI=1S/C11H26N3O2.HI/c1-11(2,3)16-10(15)9-14(4,7-5-12)8-6-13;/h5-9,12-13H2,1-4H3;1H/q+1;/p-1. The van der Waals surface area contributed by atoms with Crippen molar-refractivity contribution in [2.45, 2.75) is 26.4 Å². The fourth-order valence-corrected chi connectivity index (χ4v) is 1.58. The van der Waals surface area contributed by atoms with Gasteiger partial charge in [-0.3, -0.25) is 0 Å². The molecule has 0 aromatic rings. The summed E-state index contributed by atoms with van der Waals surface area (Å²) in [5.74, 6) is -0.197. The summed E-state index contributed by atoms with van der Waals surface area (Å²) in [5.41, 5.74) is 10.6. The number of halogens is 1. The molecule has 0 unspecified atom stereocenters. The first kappa shape index (κ1) is 19.4. The minimum atomic E-state index is -0.437. The average Bonchev–Trinajstić information content (AvgIpc) is 1.99. The van der Waals surface area contributed by atoms with Crippen LogP contribution in [0, 0.1) is 0 Å². The van der Waals surface area contributed by atoms with Crippen molar-refractivity contribution in [2.24, 2.45) is 11.5 Å². The van der Waals surface area contributed by atoms with E-state index in [0.717, 1.165) is 13.1 Å². The zero-order valence-corrected chi connectivity index (χ0v) is 13.5. The Morgan fingerprint density at radius 3 is 1.88 bits per heavy atom. The first-order valence-electron chi connectivity index (χ1n) is 5.68. The van der Waals surface area contributed by atoms with Gasteiger partial charge in [0.2, 0.25) is 0 Å². The molecular weight excluding hydrogens is 333 g/mol. The van der Waals surface area contributed by atoms with Gasteiger partial charge in [-0.05, 0) is 20.8 Å². The van der Waals surface area contributed by atoms with Crippen molar-refractivity contribution in [2.75, 3.05) is 39.8 Å². The molecule has 0 saturated carbocycles. The Kier molecular flexibility index (Phi) is 9.40. The Morgan fingerprint density at radius 1 is 1.18 bits per heavy atom. The first-order valence-corrected chi connectivity index (χ1v) is 5.68. The number of carbonyl (C=O) groups is 1. The van der Waals surface area contributed by atoms with Crippen molar-refractivity contribution >= 4 is 5.97 Å². The van der Waals surface area contributed by atoms with Gasteiger partial charge >= 0.3 is 5.97 Å². The zero-order valence-electron chi connectivity index (χ0n) is 11.3. The lowest BCUT2D eigenvalue weighted by Gasteiger charge is -2.33. The SMILES string of the molecule is CC(C)(C)OC(=O)C[N+](C)(CCN)CCN.[I-]. The van der Waals surface area contributed by atoms with E-state index in [1.165, 1.54) is 0 Å². The van der Waals surface area contributed by atoms with Crippen LogP contribution in [-0.2, 0) is 9.53 Å². The van der Waals surface area contributed by atoms with Crippen molar-refractivity contribution in [1.29, 1.82) is 0 Å². The summed E-state index contributed by atoms with van der Waals surface area (Å²) in [5, 5.41) is 0. The Hall–Kier alpha value is 0.0800. The third kappa shape index (κ3) is 9.75. The molecule has 0 radical (unpaired) electrons. The van der Waals surface area contributed by atoms with Gasteiger partial charge in [0, 0.05) is 13.1 Å². The summed E-state index contributed by atoms with van der Waals surface area (Å²) in [6, 6.07) is 0. The molecule has 0 aliphatic carbocycles. The summed E-state index contributed by atoms with van der Waals surface area (Å²) in [4.78, 5) is 11.7. The molecule has 0 spiro atoms. The van der Waals surface area contributed by atoms with E-state index in [2.05, 4.69) is 0 Å². The van der Waals surface area contributed by atoms with Crippen LogP contribution in [0.5, 0.6) is 0 Å². The minimum absolute atomic E-state index is 0. The number of nitrogens with two attached hydrogens (primary N) is 2. The van der Waals surface area contributed by atoms with E-state index in [0.29, 0.717) is 24.1 Å². The van der Waals surface area contributed by atoms with Crippen molar-refractivity contribution in [3.05, 3.63) is 0 Å². The van der Waals surface area contributed by atoms with Gasteiger partial charge in [-0.15, -0.1) is 0 Å². The van der Waals surface area contributed by atoms with E-state index >= 15 is 0 Å². The summed E-state index contributed by atoms with van der Waals surface area (Å²) >= 11 is 0.